The largest absolute Gasteiger partial charge is 0.399 e. The monoisotopic (exact) mass is 253 g/mol. The first-order valence-corrected chi connectivity index (χ1v) is 5.69. The maximum atomic E-state index is 11.6. The summed E-state index contributed by atoms with van der Waals surface area (Å²) in [5, 5.41) is 4.15. The highest BCUT2D eigenvalue weighted by molar-refractivity contribution is 5.66. The summed E-state index contributed by atoms with van der Waals surface area (Å²) in [6.45, 7) is 0. The van der Waals surface area contributed by atoms with Gasteiger partial charge >= 0.3 is 0 Å². The Balaban J connectivity index is 2.05. The molecule has 6 nitrogen and oxygen atoms in total. The van der Waals surface area contributed by atoms with E-state index in [4.69, 9.17) is 5.73 Å². The number of aromatic nitrogens is 4. The van der Waals surface area contributed by atoms with E-state index in [-0.39, 0.29) is 11.4 Å². The van der Waals surface area contributed by atoms with Crippen LogP contribution < -0.4 is 11.3 Å². The summed E-state index contributed by atoms with van der Waals surface area (Å²) in [7, 11) is 0. The molecule has 2 aromatic heterocycles. The van der Waals surface area contributed by atoms with Crippen LogP contribution in [0.4, 0.5) is 5.69 Å². The van der Waals surface area contributed by atoms with Gasteiger partial charge in [0.1, 0.15) is 0 Å². The summed E-state index contributed by atoms with van der Waals surface area (Å²) in [5.41, 5.74) is 7.95. The van der Waals surface area contributed by atoms with E-state index in [0.29, 0.717) is 5.69 Å². The number of nitrogens with zero attached hydrogens (tertiary/aromatic N) is 3. The smallest absolute Gasteiger partial charge is 0.293 e. The summed E-state index contributed by atoms with van der Waals surface area (Å²) in [4.78, 5) is 18.2. The Kier molecular flexibility index (Phi) is 2.60. The molecule has 19 heavy (non-hydrogen) atoms. The molecule has 0 fully saturated rings. The zero-order valence-corrected chi connectivity index (χ0v) is 9.95. The molecule has 0 unspecified atom stereocenters. The molecule has 6 heteroatoms. The van der Waals surface area contributed by atoms with Gasteiger partial charge in [-0.15, -0.1) is 0 Å². The number of rotatable bonds is 2. The van der Waals surface area contributed by atoms with Crippen LogP contribution in [0.2, 0.25) is 0 Å². The van der Waals surface area contributed by atoms with Crippen molar-refractivity contribution in [3.8, 4) is 16.9 Å². The number of nitrogens with two attached hydrogens (primary N) is 1. The fourth-order valence-electron chi connectivity index (χ4n) is 1.81. The molecular weight excluding hydrogens is 242 g/mol. The van der Waals surface area contributed by atoms with E-state index in [1.807, 2.05) is 24.3 Å². The summed E-state index contributed by atoms with van der Waals surface area (Å²) >= 11 is 0. The van der Waals surface area contributed by atoms with Crippen LogP contribution in [0.25, 0.3) is 16.9 Å². The molecule has 0 saturated carbocycles. The standard InChI is InChI=1S/C13H11N5O/c14-11-3-1-2-9(6-11)10-7-17-18(8-10)12-13(19)16-5-4-15-12/h1-8H,14H2,(H,16,19). The van der Waals surface area contributed by atoms with Gasteiger partial charge in [-0.25, -0.2) is 9.67 Å². The van der Waals surface area contributed by atoms with Gasteiger partial charge in [0, 0.05) is 29.8 Å². The van der Waals surface area contributed by atoms with Crippen LogP contribution in [0, 0.1) is 0 Å². The van der Waals surface area contributed by atoms with Crippen molar-refractivity contribution in [3.63, 3.8) is 0 Å². The van der Waals surface area contributed by atoms with Gasteiger partial charge in [-0.2, -0.15) is 5.10 Å². The lowest BCUT2D eigenvalue weighted by molar-refractivity contribution is 0.825. The fraction of sp³-hybridized carbons (Fsp3) is 0. The maximum Gasteiger partial charge on any atom is 0.293 e. The molecule has 0 bridgehead atoms. The van der Waals surface area contributed by atoms with Crippen molar-refractivity contribution in [2.24, 2.45) is 0 Å². The van der Waals surface area contributed by atoms with Crippen molar-refractivity contribution in [3.05, 3.63) is 59.4 Å². The predicted molar refractivity (Wildman–Crippen MR) is 71.8 cm³/mol. The van der Waals surface area contributed by atoms with E-state index in [9.17, 15) is 4.79 Å². The van der Waals surface area contributed by atoms with Gasteiger partial charge in [0.05, 0.1) is 6.20 Å². The highest BCUT2D eigenvalue weighted by atomic mass is 16.1. The molecule has 0 spiro atoms. The molecule has 0 aliphatic carbocycles. The topological polar surface area (TPSA) is 89.6 Å². The van der Waals surface area contributed by atoms with Crippen molar-refractivity contribution < 1.29 is 0 Å². The Hall–Kier alpha value is -2.89. The van der Waals surface area contributed by atoms with Gasteiger partial charge < -0.3 is 10.7 Å². The highest BCUT2D eigenvalue weighted by Crippen LogP contribution is 2.21. The van der Waals surface area contributed by atoms with E-state index in [2.05, 4.69) is 15.1 Å². The number of H-pyrrole nitrogens is 1. The van der Waals surface area contributed by atoms with Gasteiger partial charge in [0.2, 0.25) is 5.82 Å². The zero-order valence-electron chi connectivity index (χ0n) is 9.95. The Morgan fingerprint density at radius 2 is 2.16 bits per heavy atom. The third-order valence-electron chi connectivity index (χ3n) is 2.71. The summed E-state index contributed by atoms with van der Waals surface area (Å²) in [6, 6.07) is 7.47. The average Bonchev–Trinajstić information content (AvgIpc) is 2.89. The van der Waals surface area contributed by atoms with Crippen LogP contribution in [0.1, 0.15) is 0 Å². The van der Waals surface area contributed by atoms with Crippen molar-refractivity contribution in [2.75, 3.05) is 5.73 Å². The van der Waals surface area contributed by atoms with Crippen LogP contribution in [0.3, 0.4) is 0 Å². The Labute approximate surface area is 108 Å². The number of benzene rings is 1. The first-order chi connectivity index (χ1) is 9.24. The zero-order chi connectivity index (χ0) is 13.2. The number of nitrogens with one attached hydrogen (secondary N) is 1. The lowest BCUT2D eigenvalue weighted by atomic mass is 10.1. The molecule has 1 aromatic carbocycles. The summed E-state index contributed by atoms with van der Waals surface area (Å²) in [6.07, 6.45) is 6.40. The molecule has 0 saturated heterocycles. The summed E-state index contributed by atoms with van der Waals surface area (Å²) < 4.78 is 1.44. The Morgan fingerprint density at radius 3 is 2.95 bits per heavy atom. The molecular formula is C13H11N5O. The van der Waals surface area contributed by atoms with Gasteiger partial charge in [0.25, 0.3) is 5.56 Å². The van der Waals surface area contributed by atoms with Crippen LogP contribution in [-0.2, 0) is 0 Å². The van der Waals surface area contributed by atoms with Crippen LogP contribution >= 0.6 is 0 Å². The lowest BCUT2D eigenvalue weighted by Crippen LogP contribution is -2.15. The van der Waals surface area contributed by atoms with E-state index in [1.165, 1.54) is 17.1 Å². The van der Waals surface area contributed by atoms with Crippen LogP contribution in [0.15, 0.2) is 53.8 Å². The third-order valence-corrected chi connectivity index (χ3v) is 2.71. The molecule has 0 amide bonds. The third kappa shape index (κ3) is 2.11. The highest BCUT2D eigenvalue weighted by Gasteiger charge is 2.07. The predicted octanol–water partition coefficient (Wildman–Crippen LogP) is 1.20. The molecule has 3 rings (SSSR count). The quantitative estimate of drug-likeness (QED) is 0.671. The fourth-order valence-corrected chi connectivity index (χ4v) is 1.81. The van der Waals surface area contributed by atoms with Gasteiger partial charge in [-0.3, -0.25) is 4.79 Å². The second-order valence-corrected chi connectivity index (χ2v) is 4.04. The minimum atomic E-state index is -0.287. The van der Waals surface area contributed by atoms with E-state index in [1.54, 1.807) is 12.4 Å². The maximum absolute atomic E-state index is 11.6. The number of hydrogen-bond donors (Lipinski definition) is 2. The second kappa shape index (κ2) is 4.41. The van der Waals surface area contributed by atoms with Gasteiger partial charge in [-0.05, 0) is 17.7 Å². The molecule has 3 N–H and O–H groups in total. The number of hydrogen-bond acceptors (Lipinski definition) is 4. The van der Waals surface area contributed by atoms with Gasteiger partial charge in [0.15, 0.2) is 0 Å². The van der Waals surface area contributed by atoms with Crippen molar-refractivity contribution in [1.82, 2.24) is 19.7 Å². The molecule has 0 radical (unpaired) electrons. The van der Waals surface area contributed by atoms with Crippen LogP contribution in [0.5, 0.6) is 0 Å². The van der Waals surface area contributed by atoms with Crippen molar-refractivity contribution in [1.29, 1.82) is 0 Å². The first kappa shape index (κ1) is 11.2. The van der Waals surface area contributed by atoms with Crippen LogP contribution in [-0.4, -0.2) is 19.7 Å². The molecule has 2 heterocycles. The van der Waals surface area contributed by atoms with Crippen molar-refractivity contribution in [2.45, 2.75) is 0 Å². The molecule has 0 aliphatic heterocycles. The van der Waals surface area contributed by atoms with Crippen molar-refractivity contribution >= 4 is 5.69 Å². The Morgan fingerprint density at radius 1 is 1.26 bits per heavy atom. The average molecular weight is 253 g/mol. The minimum absolute atomic E-state index is 0.234. The minimum Gasteiger partial charge on any atom is -0.399 e. The normalized spacial score (nSPS) is 10.5. The molecule has 3 aromatic rings. The molecule has 94 valence electrons. The second-order valence-electron chi connectivity index (χ2n) is 4.04. The van der Waals surface area contributed by atoms with E-state index >= 15 is 0 Å². The van der Waals surface area contributed by atoms with Gasteiger partial charge in [-0.1, -0.05) is 12.1 Å². The SMILES string of the molecule is Nc1cccc(-c2cnn(-c3ncc[nH]c3=O)c2)c1. The molecule has 0 aliphatic rings. The molecule has 0 atom stereocenters. The van der Waals surface area contributed by atoms with E-state index in [0.717, 1.165) is 11.1 Å². The number of nitrogen functional groups attached to an aromatic ring is 1. The summed E-state index contributed by atoms with van der Waals surface area (Å²) in [5.74, 6) is 0.234. The van der Waals surface area contributed by atoms with E-state index < -0.39 is 0 Å². The Bertz CT molecular complexity index is 774. The number of anilines is 1. The number of aromatic amines is 1. The lowest BCUT2D eigenvalue weighted by Gasteiger charge is -1.99. The first-order valence-electron chi connectivity index (χ1n) is 5.69.